The van der Waals surface area contributed by atoms with Crippen LogP contribution in [0, 0.1) is 39.9 Å². The Labute approximate surface area is 222 Å². The second-order valence-electron chi connectivity index (χ2n) is 13.6. The fourth-order valence-electron chi connectivity index (χ4n) is 9.79. The summed E-state index contributed by atoms with van der Waals surface area (Å²) >= 11 is 0. The van der Waals surface area contributed by atoms with Gasteiger partial charge in [0.2, 0.25) is 0 Å². The minimum absolute atomic E-state index is 0.0474. The summed E-state index contributed by atoms with van der Waals surface area (Å²) in [7, 11) is 0. The number of aliphatic hydroxyl groups excluding tert-OH is 2. The number of carbonyl (C=O) groups is 2. The third kappa shape index (κ3) is 4.40. The normalized spacial score (nSPS) is 46.2. The number of hydrogen-bond acceptors (Lipinski definition) is 5. The van der Waals surface area contributed by atoms with E-state index in [0.717, 1.165) is 36.8 Å². The van der Waals surface area contributed by atoms with Gasteiger partial charge in [-0.25, -0.2) is 4.79 Å². The molecule has 3 N–H and O–H groups in total. The quantitative estimate of drug-likeness (QED) is 0.247. The summed E-state index contributed by atoms with van der Waals surface area (Å²) in [5.41, 5.74) is 1.57. The Morgan fingerprint density at radius 1 is 1.03 bits per heavy atom. The predicted octanol–water partition coefficient (Wildman–Crippen LogP) is 5.67. The van der Waals surface area contributed by atoms with E-state index in [1.54, 1.807) is 0 Å². The minimum atomic E-state index is -0.953. The molecular formula is C31H48O6. The molecule has 0 aromatic carbocycles. The molecule has 6 heteroatoms. The lowest BCUT2D eigenvalue weighted by Gasteiger charge is -2.69. The fourth-order valence-corrected chi connectivity index (χ4v) is 9.79. The van der Waals surface area contributed by atoms with Crippen LogP contribution in [-0.2, 0) is 14.3 Å². The third-order valence-electron chi connectivity index (χ3n) is 11.6. The molecule has 0 aromatic rings. The number of aliphatic hydroxyl groups is 2. The molecular weight excluding hydrogens is 468 g/mol. The van der Waals surface area contributed by atoms with Crippen LogP contribution >= 0.6 is 0 Å². The maximum atomic E-state index is 12.6. The van der Waals surface area contributed by atoms with Gasteiger partial charge in [0.25, 0.3) is 0 Å². The van der Waals surface area contributed by atoms with Crippen LogP contribution < -0.4 is 0 Å². The number of rotatable bonds is 5. The van der Waals surface area contributed by atoms with Crippen LogP contribution in [0.15, 0.2) is 22.8 Å². The zero-order valence-electron chi connectivity index (χ0n) is 23.8. The van der Waals surface area contributed by atoms with E-state index in [4.69, 9.17) is 4.74 Å². The van der Waals surface area contributed by atoms with Gasteiger partial charge in [-0.15, -0.1) is 0 Å². The SMILES string of the molecule is CC(=O)O[C@H]1C[C@@]2(C)[C@H](C[C@@H](O)[C@H]3[C@@]4(C)CC[C@@H](O)[C@@H](C)[C@H]4CC[C@@]32C)/C1=C(/CCC=C(C)C)C(=O)O. The number of carboxylic acids is 1. The van der Waals surface area contributed by atoms with Gasteiger partial charge in [-0.3, -0.25) is 4.79 Å². The molecule has 0 bridgehead atoms. The first-order valence-corrected chi connectivity index (χ1v) is 14.3. The highest BCUT2D eigenvalue weighted by molar-refractivity contribution is 5.88. The van der Waals surface area contributed by atoms with Crippen molar-refractivity contribution in [2.75, 3.05) is 0 Å². The Hall–Kier alpha value is -1.66. The first-order chi connectivity index (χ1) is 17.2. The fraction of sp³-hybridized carbons (Fsp3) is 0.806. The van der Waals surface area contributed by atoms with Gasteiger partial charge in [0.05, 0.1) is 12.2 Å². The molecule has 0 spiro atoms. The molecule has 0 heterocycles. The maximum absolute atomic E-state index is 12.6. The van der Waals surface area contributed by atoms with Gasteiger partial charge < -0.3 is 20.1 Å². The van der Waals surface area contributed by atoms with E-state index in [1.807, 2.05) is 19.9 Å². The average Bonchev–Trinajstić information content (AvgIpc) is 3.05. The Balaban J connectivity index is 1.82. The molecule has 0 unspecified atom stereocenters. The van der Waals surface area contributed by atoms with Gasteiger partial charge in [0, 0.05) is 12.5 Å². The monoisotopic (exact) mass is 516 g/mol. The van der Waals surface area contributed by atoms with Crippen molar-refractivity contribution >= 4 is 11.9 Å². The number of aliphatic carboxylic acids is 1. The van der Waals surface area contributed by atoms with Crippen molar-refractivity contribution in [2.45, 2.75) is 118 Å². The molecule has 4 aliphatic carbocycles. The van der Waals surface area contributed by atoms with Gasteiger partial charge in [0.1, 0.15) is 6.10 Å². The molecule has 10 atom stereocenters. The Morgan fingerprint density at radius 2 is 1.70 bits per heavy atom. The van der Waals surface area contributed by atoms with Crippen LogP contribution in [0.3, 0.4) is 0 Å². The van der Waals surface area contributed by atoms with E-state index < -0.39 is 24.1 Å². The van der Waals surface area contributed by atoms with E-state index in [-0.39, 0.29) is 40.1 Å². The number of allylic oxidation sites excluding steroid dienone is 2. The Bertz CT molecular complexity index is 994. The molecule has 4 rings (SSSR count). The maximum Gasteiger partial charge on any atom is 0.331 e. The van der Waals surface area contributed by atoms with Crippen molar-refractivity contribution in [3.63, 3.8) is 0 Å². The van der Waals surface area contributed by atoms with Crippen LogP contribution in [0.25, 0.3) is 0 Å². The molecule has 4 fully saturated rings. The predicted molar refractivity (Wildman–Crippen MR) is 143 cm³/mol. The summed E-state index contributed by atoms with van der Waals surface area (Å²) in [6, 6.07) is 0. The highest BCUT2D eigenvalue weighted by atomic mass is 16.5. The van der Waals surface area contributed by atoms with Gasteiger partial charge >= 0.3 is 11.9 Å². The van der Waals surface area contributed by atoms with E-state index in [0.29, 0.717) is 37.2 Å². The van der Waals surface area contributed by atoms with E-state index >= 15 is 0 Å². The van der Waals surface area contributed by atoms with Crippen LogP contribution in [0.2, 0.25) is 0 Å². The molecule has 0 aliphatic heterocycles. The summed E-state index contributed by atoms with van der Waals surface area (Å²) in [4.78, 5) is 24.8. The zero-order chi connectivity index (χ0) is 27.5. The van der Waals surface area contributed by atoms with Crippen LogP contribution in [-0.4, -0.2) is 45.6 Å². The molecule has 4 aliphatic rings. The lowest BCUT2D eigenvalue weighted by atomic mass is 9.36. The molecule has 0 amide bonds. The summed E-state index contributed by atoms with van der Waals surface area (Å²) in [6.45, 7) is 14.5. The van der Waals surface area contributed by atoms with Crippen molar-refractivity contribution in [1.82, 2.24) is 0 Å². The average molecular weight is 517 g/mol. The molecule has 0 radical (unpaired) electrons. The first-order valence-electron chi connectivity index (χ1n) is 14.3. The first kappa shape index (κ1) is 28.4. The number of ether oxygens (including phenoxy) is 1. The van der Waals surface area contributed by atoms with Crippen molar-refractivity contribution in [2.24, 2.45) is 39.9 Å². The number of fused-ring (bicyclic) bond motifs is 5. The number of hydrogen-bond donors (Lipinski definition) is 3. The number of esters is 1. The molecule has 4 saturated carbocycles. The summed E-state index contributed by atoms with van der Waals surface area (Å²) in [6.07, 6.45) is 6.22. The standard InChI is InChI=1S/C31H48O6/c1-17(2)9-8-10-20(28(35)36)26-22-15-24(34)27-29(5)13-12-23(33)18(3)21(29)11-14-30(27,6)31(22,7)16-25(26)37-19(4)32/h9,18,21-25,27,33-34H,8,10-16H2,1-7H3,(H,35,36)/b26-20+/t18-,21+,22+,23+,24+,25-,27-,29-,30-,31-/m0/s1. The van der Waals surface area contributed by atoms with E-state index in [1.165, 1.54) is 6.92 Å². The van der Waals surface area contributed by atoms with Crippen molar-refractivity contribution in [3.8, 4) is 0 Å². The molecule has 0 aromatic heterocycles. The Morgan fingerprint density at radius 3 is 2.30 bits per heavy atom. The zero-order valence-corrected chi connectivity index (χ0v) is 23.8. The minimum Gasteiger partial charge on any atom is -0.478 e. The van der Waals surface area contributed by atoms with Gasteiger partial charge in [-0.05, 0) is 111 Å². The second-order valence-corrected chi connectivity index (χ2v) is 13.6. The van der Waals surface area contributed by atoms with Crippen LogP contribution in [0.5, 0.6) is 0 Å². The lowest BCUT2D eigenvalue weighted by Crippen LogP contribution is -2.65. The molecule has 37 heavy (non-hydrogen) atoms. The smallest absolute Gasteiger partial charge is 0.331 e. The lowest BCUT2D eigenvalue weighted by molar-refractivity contribution is -0.234. The van der Waals surface area contributed by atoms with Gasteiger partial charge in [0.15, 0.2) is 0 Å². The highest BCUT2D eigenvalue weighted by Gasteiger charge is 2.70. The van der Waals surface area contributed by atoms with Crippen LogP contribution in [0.4, 0.5) is 0 Å². The number of carbonyl (C=O) groups excluding carboxylic acids is 1. The topological polar surface area (TPSA) is 104 Å². The summed E-state index contributed by atoms with van der Waals surface area (Å²) in [5.74, 6) is -0.909. The molecule has 6 nitrogen and oxygen atoms in total. The summed E-state index contributed by atoms with van der Waals surface area (Å²) in [5, 5.41) is 32.9. The third-order valence-corrected chi connectivity index (χ3v) is 11.6. The highest BCUT2D eigenvalue weighted by Crippen LogP contribution is 2.74. The van der Waals surface area contributed by atoms with E-state index in [2.05, 4.69) is 27.7 Å². The van der Waals surface area contributed by atoms with Crippen molar-refractivity contribution < 1.29 is 29.6 Å². The van der Waals surface area contributed by atoms with Crippen molar-refractivity contribution in [3.05, 3.63) is 22.8 Å². The second kappa shape index (κ2) is 9.82. The molecule has 0 saturated heterocycles. The Kier molecular flexibility index (Phi) is 7.53. The van der Waals surface area contributed by atoms with E-state index in [9.17, 15) is 24.9 Å². The summed E-state index contributed by atoms with van der Waals surface area (Å²) < 4.78 is 5.87. The van der Waals surface area contributed by atoms with Crippen LogP contribution in [0.1, 0.15) is 99.8 Å². The van der Waals surface area contributed by atoms with Crippen molar-refractivity contribution in [1.29, 1.82) is 0 Å². The molecule has 208 valence electrons. The van der Waals surface area contributed by atoms with Gasteiger partial charge in [-0.2, -0.15) is 0 Å². The largest absolute Gasteiger partial charge is 0.478 e. The number of carboxylic acid groups (broad SMARTS) is 1. The van der Waals surface area contributed by atoms with Gasteiger partial charge in [-0.1, -0.05) is 39.3 Å².